The summed E-state index contributed by atoms with van der Waals surface area (Å²) in [6, 6.07) is 12.2. The zero-order chi connectivity index (χ0) is 15.8. The van der Waals surface area contributed by atoms with E-state index in [1.54, 1.807) is 48.7 Å². The first kappa shape index (κ1) is 15.7. The van der Waals surface area contributed by atoms with Crippen LogP contribution in [0.2, 0.25) is 5.02 Å². The maximum absolute atomic E-state index is 11.6. The highest BCUT2D eigenvalue weighted by Gasteiger charge is 2.11. The summed E-state index contributed by atoms with van der Waals surface area (Å²) in [7, 11) is 0. The summed E-state index contributed by atoms with van der Waals surface area (Å²) >= 11 is 5.75. The standard InChI is InChI=1S/C15H13ClN4O2/c16-12-6-4-11(5-7-12)9-19-20-15(22)14(21)18-10-13-3-1-2-8-17-13/h1-9H,10H2,(H,18,21)(H,20,22)/b19-9-. The molecule has 2 N–H and O–H groups in total. The van der Waals surface area contributed by atoms with Crippen LogP contribution in [-0.2, 0) is 16.1 Å². The first-order chi connectivity index (χ1) is 10.6. The smallest absolute Gasteiger partial charge is 0.329 e. The Morgan fingerprint density at radius 3 is 2.59 bits per heavy atom. The van der Waals surface area contributed by atoms with Gasteiger partial charge in [-0.05, 0) is 29.8 Å². The van der Waals surface area contributed by atoms with E-state index >= 15 is 0 Å². The fourth-order valence-corrected chi connectivity index (χ4v) is 1.64. The number of nitrogens with one attached hydrogen (secondary N) is 2. The van der Waals surface area contributed by atoms with Crippen LogP contribution >= 0.6 is 11.6 Å². The van der Waals surface area contributed by atoms with Crippen LogP contribution in [0.1, 0.15) is 11.3 Å². The normalized spacial score (nSPS) is 10.4. The molecule has 0 spiro atoms. The highest BCUT2D eigenvalue weighted by atomic mass is 35.5. The van der Waals surface area contributed by atoms with Gasteiger partial charge in [0, 0.05) is 11.2 Å². The summed E-state index contributed by atoms with van der Waals surface area (Å²) in [4.78, 5) is 27.1. The maximum Gasteiger partial charge on any atom is 0.329 e. The van der Waals surface area contributed by atoms with Crippen molar-refractivity contribution in [1.29, 1.82) is 0 Å². The number of benzene rings is 1. The van der Waals surface area contributed by atoms with Gasteiger partial charge in [-0.2, -0.15) is 5.10 Å². The van der Waals surface area contributed by atoms with Gasteiger partial charge in [-0.15, -0.1) is 0 Å². The van der Waals surface area contributed by atoms with Crippen LogP contribution in [0.4, 0.5) is 0 Å². The fourth-order valence-electron chi connectivity index (χ4n) is 1.52. The van der Waals surface area contributed by atoms with E-state index in [1.807, 2.05) is 0 Å². The quantitative estimate of drug-likeness (QED) is 0.509. The largest absolute Gasteiger partial charge is 0.342 e. The highest BCUT2D eigenvalue weighted by molar-refractivity contribution is 6.35. The molecule has 0 bridgehead atoms. The Hall–Kier alpha value is -2.73. The zero-order valence-electron chi connectivity index (χ0n) is 11.5. The second kappa shape index (κ2) is 7.90. The molecule has 2 aromatic rings. The topological polar surface area (TPSA) is 83.5 Å². The molecule has 2 rings (SSSR count). The Morgan fingerprint density at radius 1 is 1.14 bits per heavy atom. The molecule has 6 nitrogen and oxygen atoms in total. The van der Waals surface area contributed by atoms with Gasteiger partial charge in [0.2, 0.25) is 0 Å². The fraction of sp³-hybridized carbons (Fsp3) is 0.0667. The molecule has 1 aromatic carbocycles. The molecule has 0 radical (unpaired) electrons. The van der Waals surface area contributed by atoms with E-state index in [4.69, 9.17) is 11.6 Å². The number of carbonyl (C=O) groups excluding carboxylic acids is 2. The van der Waals surface area contributed by atoms with Gasteiger partial charge in [-0.3, -0.25) is 14.6 Å². The molecule has 2 amide bonds. The summed E-state index contributed by atoms with van der Waals surface area (Å²) in [5.41, 5.74) is 3.56. The van der Waals surface area contributed by atoms with Gasteiger partial charge in [0.25, 0.3) is 0 Å². The molecule has 0 aliphatic rings. The summed E-state index contributed by atoms with van der Waals surface area (Å²) in [6.07, 6.45) is 3.03. The number of pyridine rings is 1. The number of carbonyl (C=O) groups is 2. The van der Waals surface area contributed by atoms with Crippen LogP contribution in [0.15, 0.2) is 53.8 Å². The van der Waals surface area contributed by atoms with Crippen LogP contribution in [0.3, 0.4) is 0 Å². The van der Waals surface area contributed by atoms with E-state index in [1.165, 1.54) is 6.21 Å². The minimum Gasteiger partial charge on any atom is -0.342 e. The van der Waals surface area contributed by atoms with Gasteiger partial charge in [0.15, 0.2) is 0 Å². The number of hydrogen-bond donors (Lipinski definition) is 2. The first-order valence-electron chi connectivity index (χ1n) is 6.42. The lowest BCUT2D eigenvalue weighted by Gasteiger charge is -2.03. The monoisotopic (exact) mass is 316 g/mol. The Kier molecular flexibility index (Phi) is 5.62. The van der Waals surface area contributed by atoms with Crippen LogP contribution in [0.25, 0.3) is 0 Å². The molecule has 1 heterocycles. The molecule has 0 aliphatic carbocycles. The van der Waals surface area contributed by atoms with Gasteiger partial charge in [0.05, 0.1) is 18.5 Å². The molecule has 7 heteroatoms. The second-order valence-electron chi connectivity index (χ2n) is 4.25. The third-order valence-electron chi connectivity index (χ3n) is 2.61. The van der Waals surface area contributed by atoms with Crippen molar-refractivity contribution in [1.82, 2.24) is 15.7 Å². The van der Waals surface area contributed by atoms with Crippen LogP contribution in [0.5, 0.6) is 0 Å². The van der Waals surface area contributed by atoms with Crippen LogP contribution < -0.4 is 10.7 Å². The van der Waals surface area contributed by atoms with Crippen LogP contribution in [0, 0.1) is 0 Å². The molecular formula is C15H13ClN4O2. The van der Waals surface area contributed by atoms with Gasteiger partial charge >= 0.3 is 11.8 Å². The van der Waals surface area contributed by atoms with E-state index in [9.17, 15) is 9.59 Å². The molecule has 0 saturated heterocycles. The second-order valence-corrected chi connectivity index (χ2v) is 4.69. The summed E-state index contributed by atoms with van der Waals surface area (Å²) in [5, 5.41) is 6.76. The Labute approximate surface area is 132 Å². The third-order valence-corrected chi connectivity index (χ3v) is 2.86. The van der Waals surface area contributed by atoms with Crippen molar-refractivity contribution in [3.63, 3.8) is 0 Å². The van der Waals surface area contributed by atoms with E-state index in [2.05, 4.69) is 20.8 Å². The molecule has 22 heavy (non-hydrogen) atoms. The Morgan fingerprint density at radius 2 is 1.91 bits per heavy atom. The molecule has 112 valence electrons. The predicted octanol–water partition coefficient (Wildman–Crippen LogP) is 1.50. The number of nitrogens with zero attached hydrogens (tertiary/aromatic N) is 2. The summed E-state index contributed by atoms with van der Waals surface area (Å²) < 4.78 is 0. The SMILES string of the molecule is O=C(NCc1ccccn1)C(=O)N/N=C\c1ccc(Cl)cc1. The van der Waals surface area contributed by atoms with Crippen molar-refractivity contribution in [2.75, 3.05) is 0 Å². The maximum atomic E-state index is 11.6. The number of amides is 2. The Balaban J connectivity index is 1.79. The molecule has 0 unspecified atom stereocenters. The van der Waals surface area contributed by atoms with Gasteiger partial charge < -0.3 is 5.32 Å². The van der Waals surface area contributed by atoms with E-state index < -0.39 is 11.8 Å². The molecule has 1 aromatic heterocycles. The number of rotatable bonds is 4. The highest BCUT2D eigenvalue weighted by Crippen LogP contribution is 2.07. The lowest BCUT2D eigenvalue weighted by atomic mass is 10.2. The van der Waals surface area contributed by atoms with E-state index in [0.717, 1.165) is 5.56 Å². The van der Waals surface area contributed by atoms with Crippen molar-refractivity contribution < 1.29 is 9.59 Å². The molecule has 0 saturated carbocycles. The van der Waals surface area contributed by atoms with E-state index in [0.29, 0.717) is 10.7 Å². The Bertz CT molecular complexity index is 672. The van der Waals surface area contributed by atoms with Crippen LogP contribution in [-0.4, -0.2) is 23.0 Å². The molecule has 0 atom stereocenters. The van der Waals surface area contributed by atoms with Crippen molar-refractivity contribution >= 4 is 29.6 Å². The van der Waals surface area contributed by atoms with E-state index in [-0.39, 0.29) is 6.54 Å². The number of aromatic nitrogens is 1. The lowest BCUT2D eigenvalue weighted by molar-refractivity contribution is -0.139. The minimum absolute atomic E-state index is 0.175. The number of hydrazone groups is 1. The van der Waals surface area contributed by atoms with Crippen molar-refractivity contribution in [2.45, 2.75) is 6.54 Å². The molecule has 0 aliphatic heterocycles. The molecular weight excluding hydrogens is 304 g/mol. The average molecular weight is 317 g/mol. The first-order valence-corrected chi connectivity index (χ1v) is 6.79. The molecule has 0 fully saturated rings. The lowest BCUT2D eigenvalue weighted by Crippen LogP contribution is -2.37. The minimum atomic E-state index is -0.846. The van der Waals surface area contributed by atoms with Crippen molar-refractivity contribution in [3.05, 3.63) is 64.9 Å². The zero-order valence-corrected chi connectivity index (χ0v) is 12.2. The van der Waals surface area contributed by atoms with Gasteiger partial charge in [-0.1, -0.05) is 29.8 Å². The van der Waals surface area contributed by atoms with Crippen molar-refractivity contribution in [2.24, 2.45) is 5.10 Å². The number of hydrogen-bond acceptors (Lipinski definition) is 4. The summed E-state index contributed by atoms with van der Waals surface area (Å²) in [6.45, 7) is 0.175. The van der Waals surface area contributed by atoms with Gasteiger partial charge in [-0.25, -0.2) is 5.43 Å². The third kappa shape index (κ3) is 4.99. The number of halogens is 1. The van der Waals surface area contributed by atoms with Crippen molar-refractivity contribution in [3.8, 4) is 0 Å². The summed E-state index contributed by atoms with van der Waals surface area (Å²) in [5.74, 6) is -1.62. The average Bonchev–Trinajstić information content (AvgIpc) is 2.55. The van der Waals surface area contributed by atoms with Gasteiger partial charge in [0.1, 0.15) is 0 Å². The predicted molar refractivity (Wildman–Crippen MR) is 83.3 cm³/mol.